The fraction of sp³-hybridized carbons (Fsp3) is 0.333. The van der Waals surface area contributed by atoms with E-state index in [2.05, 4.69) is 35.1 Å². The standard InChI is InChI=1S/C12H17N3S/c1-15(2)14-11(7-13)10-8-16-12-6-4-3-5-9(10)12/h3-6,8,11,14H,7,13H2,1-2H3. The van der Waals surface area contributed by atoms with Crippen LogP contribution in [0.1, 0.15) is 11.6 Å². The lowest BCUT2D eigenvalue weighted by atomic mass is 10.1. The van der Waals surface area contributed by atoms with Crippen molar-refractivity contribution >= 4 is 21.4 Å². The van der Waals surface area contributed by atoms with Crippen molar-refractivity contribution in [3.05, 3.63) is 35.2 Å². The van der Waals surface area contributed by atoms with Gasteiger partial charge < -0.3 is 5.73 Å². The Morgan fingerprint density at radius 1 is 1.38 bits per heavy atom. The number of benzene rings is 1. The van der Waals surface area contributed by atoms with Crippen molar-refractivity contribution in [2.75, 3.05) is 20.6 Å². The van der Waals surface area contributed by atoms with E-state index in [0.29, 0.717) is 6.54 Å². The highest BCUT2D eigenvalue weighted by molar-refractivity contribution is 7.17. The molecule has 1 atom stereocenters. The largest absolute Gasteiger partial charge is 0.329 e. The second-order valence-electron chi connectivity index (χ2n) is 4.00. The van der Waals surface area contributed by atoms with E-state index in [9.17, 15) is 0 Å². The molecule has 0 saturated carbocycles. The Morgan fingerprint density at radius 2 is 2.12 bits per heavy atom. The summed E-state index contributed by atoms with van der Waals surface area (Å²) < 4.78 is 1.32. The molecule has 4 heteroatoms. The molecule has 1 heterocycles. The Bertz CT molecular complexity index is 464. The number of hydrazine groups is 1. The molecule has 16 heavy (non-hydrogen) atoms. The first-order valence-corrected chi connectivity index (χ1v) is 6.20. The highest BCUT2D eigenvalue weighted by Crippen LogP contribution is 2.29. The minimum absolute atomic E-state index is 0.186. The molecule has 2 rings (SSSR count). The molecule has 0 bridgehead atoms. The lowest BCUT2D eigenvalue weighted by Gasteiger charge is -2.21. The number of nitrogens with zero attached hydrogens (tertiary/aromatic N) is 1. The number of thiophene rings is 1. The van der Waals surface area contributed by atoms with Gasteiger partial charge in [0.25, 0.3) is 0 Å². The average molecular weight is 235 g/mol. The summed E-state index contributed by atoms with van der Waals surface area (Å²) >= 11 is 1.77. The molecule has 0 fully saturated rings. The zero-order valence-electron chi connectivity index (χ0n) is 9.60. The zero-order valence-corrected chi connectivity index (χ0v) is 10.4. The third kappa shape index (κ3) is 2.25. The van der Waals surface area contributed by atoms with Crippen LogP contribution in [0.25, 0.3) is 10.1 Å². The van der Waals surface area contributed by atoms with Gasteiger partial charge in [0.05, 0.1) is 6.04 Å². The summed E-state index contributed by atoms with van der Waals surface area (Å²) in [6.45, 7) is 0.596. The maximum absolute atomic E-state index is 5.82. The van der Waals surface area contributed by atoms with Crippen molar-refractivity contribution in [3.63, 3.8) is 0 Å². The van der Waals surface area contributed by atoms with Gasteiger partial charge in [0.15, 0.2) is 0 Å². The van der Waals surface area contributed by atoms with Crippen LogP contribution in [0.3, 0.4) is 0 Å². The molecule has 3 nitrogen and oxygen atoms in total. The number of rotatable bonds is 4. The summed E-state index contributed by atoms with van der Waals surface area (Å²) in [6.07, 6.45) is 0. The minimum atomic E-state index is 0.186. The Balaban J connectivity index is 2.37. The van der Waals surface area contributed by atoms with E-state index in [0.717, 1.165) is 0 Å². The Kier molecular flexibility index (Phi) is 3.56. The molecule has 1 aromatic carbocycles. The lowest BCUT2D eigenvalue weighted by molar-refractivity contribution is 0.246. The van der Waals surface area contributed by atoms with Gasteiger partial charge in [-0.1, -0.05) is 18.2 Å². The third-order valence-electron chi connectivity index (χ3n) is 2.54. The Labute approximate surface area is 99.8 Å². The fourth-order valence-corrected chi connectivity index (χ4v) is 2.84. The summed E-state index contributed by atoms with van der Waals surface area (Å²) in [6, 6.07) is 8.63. The first-order valence-electron chi connectivity index (χ1n) is 5.32. The number of hydrogen-bond donors (Lipinski definition) is 2. The number of hydrogen-bond acceptors (Lipinski definition) is 4. The summed E-state index contributed by atoms with van der Waals surface area (Å²) in [5.41, 5.74) is 10.4. The molecular formula is C12H17N3S. The normalized spacial score (nSPS) is 13.5. The van der Waals surface area contributed by atoms with Crippen LogP contribution in [0.2, 0.25) is 0 Å². The van der Waals surface area contributed by atoms with Crippen molar-refractivity contribution < 1.29 is 0 Å². The van der Waals surface area contributed by atoms with E-state index in [1.807, 2.05) is 19.1 Å². The van der Waals surface area contributed by atoms with Gasteiger partial charge in [0, 0.05) is 25.3 Å². The van der Waals surface area contributed by atoms with Gasteiger partial charge in [-0.2, -0.15) is 0 Å². The van der Waals surface area contributed by atoms with Gasteiger partial charge in [0.1, 0.15) is 0 Å². The molecule has 0 aliphatic carbocycles. The van der Waals surface area contributed by atoms with Crippen LogP contribution in [0.4, 0.5) is 0 Å². The van der Waals surface area contributed by atoms with Crippen LogP contribution >= 0.6 is 11.3 Å². The molecule has 0 amide bonds. The smallest absolute Gasteiger partial charge is 0.0601 e. The second kappa shape index (κ2) is 4.93. The summed E-state index contributed by atoms with van der Waals surface area (Å²) in [5.74, 6) is 0. The van der Waals surface area contributed by atoms with Crippen molar-refractivity contribution in [2.24, 2.45) is 5.73 Å². The molecule has 3 N–H and O–H groups in total. The minimum Gasteiger partial charge on any atom is -0.329 e. The monoisotopic (exact) mass is 235 g/mol. The predicted octanol–water partition coefficient (Wildman–Crippen LogP) is 1.97. The maximum Gasteiger partial charge on any atom is 0.0601 e. The Hall–Kier alpha value is -0.940. The topological polar surface area (TPSA) is 41.3 Å². The molecule has 86 valence electrons. The molecule has 0 spiro atoms. The van der Waals surface area contributed by atoms with Crippen LogP contribution in [0.5, 0.6) is 0 Å². The molecule has 1 aromatic heterocycles. The van der Waals surface area contributed by atoms with Gasteiger partial charge in [-0.05, 0) is 22.4 Å². The molecule has 0 radical (unpaired) electrons. The molecular weight excluding hydrogens is 218 g/mol. The lowest BCUT2D eigenvalue weighted by Crippen LogP contribution is -2.37. The predicted molar refractivity (Wildman–Crippen MR) is 70.4 cm³/mol. The van der Waals surface area contributed by atoms with E-state index < -0.39 is 0 Å². The van der Waals surface area contributed by atoms with Crippen molar-refractivity contribution in [3.8, 4) is 0 Å². The van der Waals surface area contributed by atoms with Crippen molar-refractivity contribution in [1.29, 1.82) is 0 Å². The van der Waals surface area contributed by atoms with Gasteiger partial charge in [-0.25, -0.2) is 10.4 Å². The summed E-state index contributed by atoms with van der Waals surface area (Å²) in [5, 5.41) is 5.44. The van der Waals surface area contributed by atoms with E-state index in [1.165, 1.54) is 15.6 Å². The average Bonchev–Trinajstić information content (AvgIpc) is 2.69. The summed E-state index contributed by atoms with van der Waals surface area (Å²) in [7, 11) is 3.97. The van der Waals surface area contributed by atoms with Crippen LogP contribution in [-0.2, 0) is 0 Å². The first-order chi connectivity index (χ1) is 7.72. The SMILES string of the molecule is CN(C)NC(CN)c1csc2ccccc12. The highest BCUT2D eigenvalue weighted by Gasteiger charge is 2.14. The van der Waals surface area contributed by atoms with Crippen molar-refractivity contribution in [2.45, 2.75) is 6.04 Å². The number of fused-ring (bicyclic) bond motifs is 1. The van der Waals surface area contributed by atoms with Crippen LogP contribution in [0, 0.1) is 0 Å². The van der Waals surface area contributed by atoms with Gasteiger partial charge in [-0.15, -0.1) is 11.3 Å². The highest BCUT2D eigenvalue weighted by atomic mass is 32.1. The van der Waals surface area contributed by atoms with E-state index in [4.69, 9.17) is 5.73 Å². The second-order valence-corrected chi connectivity index (χ2v) is 4.91. The molecule has 0 saturated heterocycles. The molecule has 2 aromatic rings. The van der Waals surface area contributed by atoms with Gasteiger partial charge in [-0.3, -0.25) is 0 Å². The zero-order chi connectivity index (χ0) is 11.5. The van der Waals surface area contributed by atoms with Crippen molar-refractivity contribution in [1.82, 2.24) is 10.4 Å². The quantitative estimate of drug-likeness (QED) is 0.796. The van der Waals surface area contributed by atoms with Crippen LogP contribution < -0.4 is 11.2 Å². The van der Waals surface area contributed by atoms with Crippen LogP contribution in [0.15, 0.2) is 29.6 Å². The van der Waals surface area contributed by atoms with Gasteiger partial charge in [0.2, 0.25) is 0 Å². The number of nitrogens with two attached hydrogens (primary N) is 1. The molecule has 0 aliphatic rings. The Morgan fingerprint density at radius 3 is 2.81 bits per heavy atom. The number of nitrogens with one attached hydrogen (secondary N) is 1. The molecule has 1 unspecified atom stereocenters. The third-order valence-corrected chi connectivity index (χ3v) is 3.52. The first kappa shape index (κ1) is 11.5. The van der Waals surface area contributed by atoms with E-state index in [1.54, 1.807) is 11.3 Å². The maximum atomic E-state index is 5.82. The van der Waals surface area contributed by atoms with E-state index >= 15 is 0 Å². The fourth-order valence-electron chi connectivity index (χ4n) is 1.83. The van der Waals surface area contributed by atoms with Crippen LogP contribution in [-0.4, -0.2) is 25.6 Å². The summed E-state index contributed by atoms with van der Waals surface area (Å²) in [4.78, 5) is 0. The van der Waals surface area contributed by atoms with E-state index in [-0.39, 0.29) is 6.04 Å². The van der Waals surface area contributed by atoms with Gasteiger partial charge >= 0.3 is 0 Å². The molecule has 0 aliphatic heterocycles.